The number of ether oxygens (including phenoxy) is 2. The number of hydrogen-bond donors (Lipinski definition) is 1. The van der Waals surface area contributed by atoms with Crippen LogP contribution in [0.3, 0.4) is 0 Å². The van der Waals surface area contributed by atoms with Gasteiger partial charge in [-0.25, -0.2) is 0 Å². The molecule has 0 fully saturated rings. The van der Waals surface area contributed by atoms with Gasteiger partial charge in [0.25, 0.3) is 0 Å². The maximum atomic E-state index is 12.4. The van der Waals surface area contributed by atoms with Gasteiger partial charge in [-0.15, -0.1) is 0 Å². The number of nitriles is 1. The molecular weight excluding hydrogens is 340 g/mol. The second kappa shape index (κ2) is 8.91. The van der Waals surface area contributed by atoms with Gasteiger partial charge in [0.05, 0.1) is 5.52 Å². The number of hydrogen-bond acceptors (Lipinski definition) is 4. The summed E-state index contributed by atoms with van der Waals surface area (Å²) in [5.74, 6) is 1.55. The first-order valence-corrected chi connectivity index (χ1v) is 9.12. The Morgan fingerprint density at radius 1 is 1.11 bits per heavy atom. The van der Waals surface area contributed by atoms with Gasteiger partial charge in [0, 0.05) is 17.6 Å². The van der Waals surface area contributed by atoms with E-state index in [0.717, 1.165) is 36.3 Å². The summed E-state index contributed by atoms with van der Waals surface area (Å²) in [6.07, 6.45) is 4.30. The summed E-state index contributed by atoms with van der Waals surface area (Å²) in [6.45, 7) is 2.95. The van der Waals surface area contributed by atoms with E-state index in [1.165, 1.54) is 6.20 Å². The lowest BCUT2D eigenvalue weighted by Gasteiger charge is -2.13. The molecule has 3 rings (SSSR count). The van der Waals surface area contributed by atoms with Gasteiger partial charge in [-0.05, 0) is 36.6 Å². The second-order valence-corrected chi connectivity index (χ2v) is 6.26. The highest BCUT2D eigenvalue weighted by Crippen LogP contribution is 2.25. The number of rotatable bonds is 8. The van der Waals surface area contributed by atoms with Crippen molar-refractivity contribution in [1.82, 2.24) is 4.98 Å². The Morgan fingerprint density at radius 3 is 2.63 bits per heavy atom. The van der Waals surface area contributed by atoms with Crippen LogP contribution in [0.5, 0.6) is 11.5 Å². The number of aromatic amines is 1. The lowest BCUT2D eigenvalue weighted by atomic mass is 10.0. The second-order valence-electron chi connectivity index (χ2n) is 6.26. The lowest BCUT2D eigenvalue weighted by molar-refractivity contribution is 0.216. The summed E-state index contributed by atoms with van der Waals surface area (Å²) >= 11 is 0. The Kier molecular flexibility index (Phi) is 6.11. The first kappa shape index (κ1) is 18.5. The van der Waals surface area contributed by atoms with E-state index in [2.05, 4.69) is 11.9 Å². The van der Waals surface area contributed by atoms with Gasteiger partial charge in [-0.1, -0.05) is 31.5 Å². The van der Waals surface area contributed by atoms with Crippen molar-refractivity contribution in [2.24, 2.45) is 0 Å². The van der Waals surface area contributed by atoms with Gasteiger partial charge in [0.2, 0.25) is 5.43 Å². The average Bonchev–Trinajstić information content (AvgIpc) is 2.71. The van der Waals surface area contributed by atoms with Crippen LogP contribution in [0.1, 0.15) is 30.9 Å². The molecule has 1 aromatic heterocycles. The van der Waals surface area contributed by atoms with Gasteiger partial charge in [-0.2, -0.15) is 5.26 Å². The van der Waals surface area contributed by atoms with E-state index in [4.69, 9.17) is 14.7 Å². The molecule has 5 nitrogen and oxygen atoms in total. The van der Waals surface area contributed by atoms with Gasteiger partial charge in [0.1, 0.15) is 36.3 Å². The molecule has 0 aliphatic rings. The number of H-pyrrole nitrogens is 1. The number of aromatic nitrogens is 1. The van der Waals surface area contributed by atoms with E-state index in [-0.39, 0.29) is 11.0 Å². The Balaban J connectivity index is 1.80. The molecule has 5 heteroatoms. The van der Waals surface area contributed by atoms with Gasteiger partial charge < -0.3 is 14.5 Å². The molecule has 0 atom stereocenters. The van der Waals surface area contributed by atoms with Crippen molar-refractivity contribution in [3.63, 3.8) is 0 Å². The molecule has 3 aromatic rings. The number of unbranched alkanes of at least 4 members (excludes halogenated alkanes) is 1. The molecule has 1 heterocycles. The SMILES string of the molecule is CCCCc1cc2c(=O)c(C#N)c[nH]c2cc1OCCOc1ccccc1. The van der Waals surface area contributed by atoms with E-state index in [9.17, 15) is 4.79 Å². The molecule has 27 heavy (non-hydrogen) atoms. The minimum absolute atomic E-state index is 0.119. The molecule has 1 N–H and O–H groups in total. The van der Waals surface area contributed by atoms with Crippen molar-refractivity contribution >= 4 is 10.9 Å². The van der Waals surface area contributed by atoms with Crippen LogP contribution >= 0.6 is 0 Å². The van der Waals surface area contributed by atoms with Crippen LogP contribution in [0.4, 0.5) is 0 Å². The van der Waals surface area contributed by atoms with E-state index >= 15 is 0 Å². The standard InChI is InChI=1S/C22H22N2O3/c1-2-3-7-16-12-19-20(24-15-17(14-23)22(19)25)13-21(16)27-11-10-26-18-8-5-4-6-9-18/h4-6,8-9,12-13,15H,2-3,7,10-11H2,1H3,(H,24,25). The fourth-order valence-electron chi connectivity index (χ4n) is 2.90. The van der Waals surface area contributed by atoms with Crippen LogP contribution in [0.15, 0.2) is 53.5 Å². The number of aryl methyl sites for hydroxylation is 1. The highest BCUT2D eigenvalue weighted by atomic mass is 16.5. The quantitative estimate of drug-likeness (QED) is 0.609. The maximum absolute atomic E-state index is 12.4. The fraction of sp³-hybridized carbons (Fsp3) is 0.273. The van der Waals surface area contributed by atoms with Crippen LogP contribution in [-0.2, 0) is 6.42 Å². The van der Waals surface area contributed by atoms with E-state index in [0.29, 0.717) is 24.1 Å². The molecule has 0 saturated heterocycles. The van der Waals surface area contributed by atoms with Crippen LogP contribution in [-0.4, -0.2) is 18.2 Å². The Hall–Kier alpha value is -3.26. The van der Waals surface area contributed by atoms with Crippen molar-refractivity contribution in [2.75, 3.05) is 13.2 Å². The first-order valence-electron chi connectivity index (χ1n) is 9.12. The number of nitrogens with one attached hydrogen (secondary N) is 1. The minimum Gasteiger partial charge on any atom is -0.490 e. The summed E-state index contributed by atoms with van der Waals surface area (Å²) in [5, 5.41) is 9.59. The third kappa shape index (κ3) is 4.48. The predicted octanol–water partition coefficient (Wildman–Crippen LogP) is 4.20. The summed E-state index contributed by atoms with van der Waals surface area (Å²) in [6, 6.07) is 15.2. The number of nitrogens with zero attached hydrogens (tertiary/aromatic N) is 1. The largest absolute Gasteiger partial charge is 0.490 e. The maximum Gasteiger partial charge on any atom is 0.207 e. The third-order valence-corrected chi connectivity index (χ3v) is 4.33. The molecule has 0 radical (unpaired) electrons. The zero-order valence-electron chi connectivity index (χ0n) is 15.3. The molecule has 0 unspecified atom stereocenters. The van der Waals surface area contributed by atoms with Crippen molar-refractivity contribution in [3.8, 4) is 17.6 Å². The minimum atomic E-state index is -0.247. The number of fused-ring (bicyclic) bond motifs is 1. The molecule has 0 bridgehead atoms. The normalized spacial score (nSPS) is 10.5. The molecule has 0 aliphatic carbocycles. The van der Waals surface area contributed by atoms with Crippen molar-refractivity contribution in [3.05, 3.63) is 70.0 Å². The Morgan fingerprint density at radius 2 is 1.89 bits per heavy atom. The summed E-state index contributed by atoms with van der Waals surface area (Å²) in [7, 11) is 0. The third-order valence-electron chi connectivity index (χ3n) is 4.33. The fourth-order valence-corrected chi connectivity index (χ4v) is 2.90. The lowest BCUT2D eigenvalue weighted by Crippen LogP contribution is -2.12. The summed E-state index contributed by atoms with van der Waals surface area (Å²) in [5.41, 5.74) is 1.51. The molecule has 0 spiro atoms. The zero-order chi connectivity index (χ0) is 19.1. The van der Waals surface area contributed by atoms with Crippen molar-refractivity contribution in [1.29, 1.82) is 5.26 Å². The molecule has 0 saturated carbocycles. The predicted molar refractivity (Wildman–Crippen MR) is 105 cm³/mol. The van der Waals surface area contributed by atoms with Gasteiger partial charge >= 0.3 is 0 Å². The van der Waals surface area contributed by atoms with Crippen molar-refractivity contribution in [2.45, 2.75) is 26.2 Å². The van der Waals surface area contributed by atoms with Crippen molar-refractivity contribution < 1.29 is 9.47 Å². The number of benzene rings is 2. The highest BCUT2D eigenvalue weighted by Gasteiger charge is 2.11. The molecule has 2 aromatic carbocycles. The van der Waals surface area contributed by atoms with E-state index in [1.807, 2.05) is 48.5 Å². The summed E-state index contributed by atoms with van der Waals surface area (Å²) < 4.78 is 11.6. The van der Waals surface area contributed by atoms with E-state index in [1.54, 1.807) is 0 Å². The molecular formula is C22H22N2O3. The van der Waals surface area contributed by atoms with Gasteiger partial charge in [0.15, 0.2) is 0 Å². The van der Waals surface area contributed by atoms with Crippen LogP contribution in [0.2, 0.25) is 0 Å². The molecule has 0 amide bonds. The Labute approximate surface area is 158 Å². The summed E-state index contributed by atoms with van der Waals surface area (Å²) in [4.78, 5) is 15.4. The Bertz CT molecular complexity index is 1000. The van der Waals surface area contributed by atoms with Crippen LogP contribution in [0, 0.1) is 11.3 Å². The smallest absolute Gasteiger partial charge is 0.207 e. The van der Waals surface area contributed by atoms with Crippen LogP contribution in [0.25, 0.3) is 10.9 Å². The topological polar surface area (TPSA) is 75.1 Å². The van der Waals surface area contributed by atoms with Crippen LogP contribution < -0.4 is 14.9 Å². The van der Waals surface area contributed by atoms with Gasteiger partial charge in [-0.3, -0.25) is 4.79 Å². The number of para-hydroxylation sites is 1. The number of pyridine rings is 1. The molecule has 138 valence electrons. The molecule has 0 aliphatic heterocycles. The first-order chi connectivity index (χ1) is 13.2. The average molecular weight is 362 g/mol. The van der Waals surface area contributed by atoms with E-state index < -0.39 is 0 Å². The zero-order valence-corrected chi connectivity index (χ0v) is 15.3. The highest BCUT2D eigenvalue weighted by molar-refractivity contribution is 5.82. The monoisotopic (exact) mass is 362 g/mol.